The number of hydrogen-bond acceptors (Lipinski definition) is 4. The van der Waals surface area contributed by atoms with Gasteiger partial charge in [-0.1, -0.05) is 89.6 Å². The fourth-order valence-corrected chi connectivity index (χ4v) is 7.01. The van der Waals surface area contributed by atoms with E-state index in [2.05, 4.69) is 21.2 Å². The topological polar surface area (TPSA) is 86.8 Å². The number of halogens is 1. The van der Waals surface area contributed by atoms with Gasteiger partial charge < -0.3 is 10.2 Å². The summed E-state index contributed by atoms with van der Waals surface area (Å²) < 4.78 is 29.9. The molecule has 0 spiro atoms. The summed E-state index contributed by atoms with van der Waals surface area (Å²) >= 11 is 3.41. The van der Waals surface area contributed by atoms with E-state index >= 15 is 0 Å². The summed E-state index contributed by atoms with van der Waals surface area (Å²) in [5.41, 5.74) is 3.25. The van der Waals surface area contributed by atoms with Crippen molar-refractivity contribution in [3.05, 3.63) is 94.0 Å². The van der Waals surface area contributed by atoms with E-state index in [0.29, 0.717) is 12.1 Å². The monoisotopic (exact) mass is 653 g/mol. The molecule has 224 valence electrons. The van der Waals surface area contributed by atoms with Gasteiger partial charge in [-0.25, -0.2) is 8.42 Å². The number of benzene rings is 3. The second-order valence-electron chi connectivity index (χ2n) is 11.1. The van der Waals surface area contributed by atoms with E-state index in [1.54, 1.807) is 53.4 Å². The van der Waals surface area contributed by atoms with Gasteiger partial charge >= 0.3 is 0 Å². The van der Waals surface area contributed by atoms with Crippen molar-refractivity contribution in [1.29, 1.82) is 0 Å². The first kappa shape index (κ1) is 31.8. The lowest BCUT2D eigenvalue weighted by Gasteiger charge is -2.34. The number of rotatable bonds is 11. The predicted molar refractivity (Wildman–Crippen MR) is 171 cm³/mol. The van der Waals surface area contributed by atoms with Crippen LogP contribution in [0.5, 0.6) is 0 Å². The molecule has 3 aromatic rings. The fraction of sp³-hybridized carbons (Fsp3) is 0.394. The average molecular weight is 655 g/mol. The van der Waals surface area contributed by atoms with Crippen molar-refractivity contribution >= 4 is 43.5 Å². The van der Waals surface area contributed by atoms with Crippen LogP contribution in [-0.4, -0.2) is 43.8 Å². The number of hydrogen-bond donors (Lipinski definition) is 1. The van der Waals surface area contributed by atoms with Crippen molar-refractivity contribution < 1.29 is 18.0 Å². The van der Waals surface area contributed by atoms with Gasteiger partial charge in [-0.15, -0.1) is 0 Å². The minimum atomic E-state index is -4.10. The van der Waals surface area contributed by atoms with Crippen molar-refractivity contribution in [2.24, 2.45) is 0 Å². The molecule has 2 amide bonds. The highest BCUT2D eigenvalue weighted by Crippen LogP contribution is 2.27. The summed E-state index contributed by atoms with van der Waals surface area (Å²) in [5.74, 6) is -0.638. The molecule has 1 aliphatic carbocycles. The number of nitrogens with one attached hydrogen (secondary N) is 1. The Balaban J connectivity index is 1.69. The first-order valence-electron chi connectivity index (χ1n) is 14.6. The first-order valence-corrected chi connectivity index (χ1v) is 16.8. The maximum absolute atomic E-state index is 14.2. The minimum Gasteiger partial charge on any atom is -0.352 e. The lowest BCUT2D eigenvalue weighted by molar-refractivity contribution is -0.140. The van der Waals surface area contributed by atoms with Crippen LogP contribution in [0.4, 0.5) is 5.69 Å². The Bertz CT molecular complexity index is 1450. The van der Waals surface area contributed by atoms with Crippen LogP contribution in [0.15, 0.2) is 82.2 Å². The fourth-order valence-electron chi connectivity index (χ4n) is 5.33. The molecule has 3 aromatic carbocycles. The molecular weight excluding hydrogens is 614 g/mol. The zero-order valence-electron chi connectivity index (χ0n) is 24.6. The summed E-state index contributed by atoms with van der Waals surface area (Å²) in [6, 6.07) is 20.6. The second kappa shape index (κ2) is 14.3. The number of amides is 2. The highest BCUT2D eigenvalue weighted by atomic mass is 79.9. The largest absolute Gasteiger partial charge is 0.352 e. The third-order valence-corrected chi connectivity index (χ3v) is 10.1. The van der Waals surface area contributed by atoms with E-state index < -0.39 is 28.5 Å². The molecule has 0 saturated heterocycles. The molecular formula is C33H40BrN3O4S. The van der Waals surface area contributed by atoms with Crippen molar-refractivity contribution in [3.8, 4) is 0 Å². The maximum atomic E-state index is 14.2. The van der Waals surface area contributed by atoms with Crippen LogP contribution in [-0.2, 0) is 26.2 Å². The van der Waals surface area contributed by atoms with E-state index in [1.165, 1.54) is 6.42 Å². The molecule has 0 heterocycles. The van der Waals surface area contributed by atoms with Crippen LogP contribution in [0.2, 0.25) is 0 Å². The first-order chi connectivity index (χ1) is 20.1. The van der Waals surface area contributed by atoms with Crippen molar-refractivity contribution in [1.82, 2.24) is 10.2 Å². The number of carbonyl (C=O) groups excluding carboxylic acids is 2. The molecule has 42 heavy (non-hydrogen) atoms. The van der Waals surface area contributed by atoms with Crippen molar-refractivity contribution in [2.45, 2.75) is 82.8 Å². The minimum absolute atomic E-state index is 0.0935. The normalized spacial score (nSPS) is 14.7. The highest BCUT2D eigenvalue weighted by molar-refractivity contribution is 9.10. The van der Waals surface area contributed by atoms with Crippen LogP contribution in [0.1, 0.15) is 62.1 Å². The molecule has 1 fully saturated rings. The van der Waals surface area contributed by atoms with Crippen LogP contribution < -0.4 is 9.62 Å². The molecule has 9 heteroatoms. The Labute approximate surface area is 258 Å². The highest BCUT2D eigenvalue weighted by Gasteiger charge is 2.34. The van der Waals surface area contributed by atoms with Crippen LogP contribution in [0, 0.1) is 13.8 Å². The van der Waals surface area contributed by atoms with E-state index in [0.717, 1.165) is 51.2 Å². The summed E-state index contributed by atoms with van der Waals surface area (Å²) in [6.45, 7) is 5.51. The van der Waals surface area contributed by atoms with Gasteiger partial charge in [-0.2, -0.15) is 0 Å². The standard InChI is InChI=1S/C33H40BrN3O4S/c1-4-31(33(39)35-28-8-6-5-7-9-28)36(22-26-14-10-24(2)11-15-26)32(38)23-37(29-18-16-27(34)17-19-29)42(40,41)30-20-12-25(3)13-21-30/h10-21,28,31H,4-9,22-23H2,1-3H3,(H,35,39)/t31-/m1/s1. The molecule has 0 bridgehead atoms. The van der Waals surface area contributed by atoms with E-state index in [9.17, 15) is 18.0 Å². The summed E-state index contributed by atoms with van der Waals surface area (Å²) in [6.07, 6.45) is 5.59. The summed E-state index contributed by atoms with van der Waals surface area (Å²) in [4.78, 5) is 29.5. The molecule has 7 nitrogen and oxygen atoms in total. The Morgan fingerprint density at radius 1 is 0.881 bits per heavy atom. The summed E-state index contributed by atoms with van der Waals surface area (Å²) in [5, 5.41) is 3.18. The van der Waals surface area contributed by atoms with Crippen molar-refractivity contribution in [2.75, 3.05) is 10.8 Å². The van der Waals surface area contributed by atoms with Gasteiger partial charge in [-0.05, 0) is 75.1 Å². The second-order valence-corrected chi connectivity index (χ2v) is 13.9. The van der Waals surface area contributed by atoms with Gasteiger partial charge in [0.25, 0.3) is 10.0 Å². The summed E-state index contributed by atoms with van der Waals surface area (Å²) in [7, 11) is -4.10. The third kappa shape index (κ3) is 8.01. The molecule has 0 aliphatic heterocycles. The van der Waals surface area contributed by atoms with Crippen molar-refractivity contribution in [3.63, 3.8) is 0 Å². The lowest BCUT2D eigenvalue weighted by atomic mass is 9.95. The van der Waals surface area contributed by atoms with Crippen LogP contribution >= 0.6 is 15.9 Å². The van der Waals surface area contributed by atoms with Crippen LogP contribution in [0.25, 0.3) is 0 Å². The third-order valence-electron chi connectivity index (χ3n) is 7.81. The Morgan fingerprint density at radius 3 is 2.02 bits per heavy atom. The maximum Gasteiger partial charge on any atom is 0.264 e. The zero-order valence-corrected chi connectivity index (χ0v) is 27.0. The molecule has 4 rings (SSSR count). The smallest absolute Gasteiger partial charge is 0.264 e. The zero-order chi connectivity index (χ0) is 30.3. The van der Waals surface area contributed by atoms with Gasteiger partial charge in [0.15, 0.2) is 0 Å². The van der Waals surface area contributed by atoms with Gasteiger partial charge in [0.05, 0.1) is 10.6 Å². The molecule has 0 radical (unpaired) electrons. The number of nitrogens with zero attached hydrogens (tertiary/aromatic N) is 2. The van der Waals surface area contributed by atoms with Gasteiger partial charge in [-0.3, -0.25) is 13.9 Å². The Morgan fingerprint density at radius 2 is 1.45 bits per heavy atom. The average Bonchev–Trinajstić information content (AvgIpc) is 2.98. The lowest BCUT2D eigenvalue weighted by Crippen LogP contribution is -2.54. The Kier molecular flexibility index (Phi) is 10.8. The van der Waals surface area contributed by atoms with E-state index in [4.69, 9.17) is 0 Å². The van der Waals surface area contributed by atoms with Crippen LogP contribution in [0.3, 0.4) is 0 Å². The molecule has 0 aromatic heterocycles. The van der Waals surface area contributed by atoms with Gasteiger partial charge in [0, 0.05) is 17.1 Å². The Hall–Kier alpha value is -3.17. The molecule has 1 saturated carbocycles. The quantitative estimate of drug-likeness (QED) is 0.255. The predicted octanol–water partition coefficient (Wildman–Crippen LogP) is 6.52. The number of carbonyl (C=O) groups is 2. The van der Waals surface area contributed by atoms with Gasteiger partial charge in [0.1, 0.15) is 12.6 Å². The van der Waals surface area contributed by atoms with E-state index in [-0.39, 0.29) is 23.4 Å². The number of anilines is 1. The molecule has 0 unspecified atom stereocenters. The van der Waals surface area contributed by atoms with Gasteiger partial charge in [0.2, 0.25) is 11.8 Å². The molecule has 1 N–H and O–H groups in total. The van der Waals surface area contributed by atoms with E-state index in [1.807, 2.05) is 45.0 Å². The molecule has 1 atom stereocenters. The SMILES string of the molecule is CC[C@H](C(=O)NC1CCCCC1)N(Cc1ccc(C)cc1)C(=O)CN(c1ccc(Br)cc1)S(=O)(=O)c1ccc(C)cc1. The number of sulfonamides is 1. The molecule has 1 aliphatic rings. The number of aryl methyl sites for hydroxylation is 2.